The number of halogens is 1. The lowest BCUT2D eigenvalue weighted by Crippen LogP contribution is -2.39. The van der Waals surface area contributed by atoms with Crippen molar-refractivity contribution in [1.29, 1.82) is 0 Å². The van der Waals surface area contributed by atoms with Gasteiger partial charge in [0.25, 0.3) is 5.91 Å². The first-order valence-corrected chi connectivity index (χ1v) is 6.92. The second kappa shape index (κ2) is 8.83. The number of carbonyl (C=O) groups excluding carboxylic acids is 2. The molecule has 0 saturated heterocycles. The SMILES string of the molecule is CCCNC(=O)CNC(=O)COc1ccc(Cl)cc1[N+](=O)[O-]. The molecule has 9 heteroatoms. The van der Waals surface area contributed by atoms with Gasteiger partial charge in [0, 0.05) is 17.6 Å². The molecule has 0 fully saturated rings. The van der Waals surface area contributed by atoms with Crippen LogP contribution in [0.1, 0.15) is 13.3 Å². The van der Waals surface area contributed by atoms with Crippen molar-refractivity contribution in [2.24, 2.45) is 0 Å². The summed E-state index contributed by atoms with van der Waals surface area (Å²) in [6, 6.07) is 3.86. The molecule has 1 aromatic rings. The molecule has 2 amide bonds. The third-order valence-corrected chi connectivity index (χ3v) is 2.73. The lowest BCUT2D eigenvalue weighted by atomic mass is 10.3. The predicted octanol–water partition coefficient (Wildman–Crippen LogP) is 1.27. The largest absolute Gasteiger partial charge is 0.477 e. The molecule has 0 aromatic heterocycles. The number of rotatable bonds is 8. The Hall–Kier alpha value is -2.35. The Bertz CT molecular complexity index is 565. The summed E-state index contributed by atoms with van der Waals surface area (Å²) in [7, 11) is 0. The number of hydrogen-bond donors (Lipinski definition) is 2. The number of benzene rings is 1. The van der Waals surface area contributed by atoms with Crippen molar-refractivity contribution in [3.05, 3.63) is 33.3 Å². The van der Waals surface area contributed by atoms with Crippen LogP contribution in [0.3, 0.4) is 0 Å². The molecule has 0 bridgehead atoms. The number of nitro groups is 1. The highest BCUT2D eigenvalue weighted by atomic mass is 35.5. The van der Waals surface area contributed by atoms with E-state index in [1.807, 2.05) is 6.92 Å². The van der Waals surface area contributed by atoms with Gasteiger partial charge >= 0.3 is 5.69 Å². The number of hydrogen-bond acceptors (Lipinski definition) is 5. The van der Waals surface area contributed by atoms with Crippen molar-refractivity contribution < 1.29 is 19.2 Å². The van der Waals surface area contributed by atoms with Crippen LogP contribution in [0.25, 0.3) is 0 Å². The normalized spacial score (nSPS) is 9.91. The summed E-state index contributed by atoms with van der Waals surface area (Å²) in [5.74, 6) is -0.941. The van der Waals surface area contributed by atoms with Crippen molar-refractivity contribution in [3.63, 3.8) is 0 Å². The van der Waals surface area contributed by atoms with Gasteiger partial charge in [0.05, 0.1) is 11.5 Å². The Morgan fingerprint density at radius 1 is 1.32 bits per heavy atom. The zero-order chi connectivity index (χ0) is 16.5. The minimum absolute atomic E-state index is 0.0695. The lowest BCUT2D eigenvalue weighted by molar-refractivity contribution is -0.385. The molecule has 0 aliphatic rings. The van der Waals surface area contributed by atoms with Crippen molar-refractivity contribution >= 4 is 29.1 Å². The molecule has 0 aliphatic heterocycles. The van der Waals surface area contributed by atoms with Gasteiger partial charge in [-0.2, -0.15) is 0 Å². The topological polar surface area (TPSA) is 111 Å². The number of nitrogens with zero attached hydrogens (tertiary/aromatic N) is 1. The molecule has 0 unspecified atom stereocenters. The van der Waals surface area contributed by atoms with E-state index in [0.29, 0.717) is 6.54 Å². The van der Waals surface area contributed by atoms with E-state index >= 15 is 0 Å². The molecule has 2 N–H and O–H groups in total. The van der Waals surface area contributed by atoms with Crippen LogP contribution in [0.2, 0.25) is 5.02 Å². The summed E-state index contributed by atoms with van der Waals surface area (Å²) in [5.41, 5.74) is -0.332. The van der Waals surface area contributed by atoms with E-state index in [9.17, 15) is 19.7 Å². The molecule has 22 heavy (non-hydrogen) atoms. The van der Waals surface area contributed by atoms with Crippen molar-refractivity contribution in [2.45, 2.75) is 13.3 Å². The van der Waals surface area contributed by atoms with Gasteiger partial charge in [-0.1, -0.05) is 18.5 Å². The Kier molecular flexibility index (Phi) is 7.11. The first-order valence-electron chi connectivity index (χ1n) is 6.54. The lowest BCUT2D eigenvalue weighted by Gasteiger charge is -2.08. The molecule has 8 nitrogen and oxygen atoms in total. The van der Waals surface area contributed by atoms with E-state index in [4.69, 9.17) is 16.3 Å². The van der Waals surface area contributed by atoms with E-state index in [1.165, 1.54) is 12.1 Å². The summed E-state index contributed by atoms with van der Waals surface area (Å²) >= 11 is 5.67. The summed E-state index contributed by atoms with van der Waals surface area (Å²) in [4.78, 5) is 33.0. The fourth-order valence-corrected chi connectivity index (χ4v) is 1.62. The average Bonchev–Trinajstić information content (AvgIpc) is 2.49. The van der Waals surface area contributed by atoms with Crippen LogP contribution in [0.15, 0.2) is 18.2 Å². The maximum absolute atomic E-state index is 11.5. The first kappa shape index (κ1) is 17.7. The quantitative estimate of drug-likeness (QED) is 0.551. The molecule has 120 valence electrons. The van der Waals surface area contributed by atoms with E-state index in [-0.39, 0.29) is 28.9 Å². The monoisotopic (exact) mass is 329 g/mol. The Morgan fingerprint density at radius 2 is 2.05 bits per heavy atom. The van der Waals surface area contributed by atoms with Crippen LogP contribution in [0.4, 0.5) is 5.69 Å². The van der Waals surface area contributed by atoms with E-state index in [1.54, 1.807) is 0 Å². The zero-order valence-electron chi connectivity index (χ0n) is 11.9. The maximum atomic E-state index is 11.5. The molecule has 0 saturated carbocycles. The van der Waals surface area contributed by atoms with Gasteiger partial charge in [-0.05, 0) is 18.6 Å². The minimum atomic E-state index is -0.655. The van der Waals surface area contributed by atoms with E-state index in [2.05, 4.69) is 10.6 Å². The molecule has 0 atom stereocenters. The van der Waals surface area contributed by atoms with Crippen LogP contribution in [-0.2, 0) is 9.59 Å². The predicted molar refractivity (Wildman–Crippen MR) is 79.9 cm³/mol. The fraction of sp³-hybridized carbons (Fsp3) is 0.385. The molecular weight excluding hydrogens is 314 g/mol. The van der Waals surface area contributed by atoms with Gasteiger partial charge in [-0.25, -0.2) is 0 Å². The highest BCUT2D eigenvalue weighted by Gasteiger charge is 2.16. The highest BCUT2D eigenvalue weighted by Crippen LogP contribution is 2.29. The zero-order valence-corrected chi connectivity index (χ0v) is 12.7. The van der Waals surface area contributed by atoms with Gasteiger partial charge in [0.1, 0.15) is 0 Å². The smallest absolute Gasteiger partial charge is 0.312 e. The average molecular weight is 330 g/mol. The second-order valence-electron chi connectivity index (χ2n) is 4.28. The summed E-state index contributed by atoms with van der Waals surface area (Å²) in [6.07, 6.45) is 0.795. The molecular formula is C13H16ClN3O5. The third-order valence-electron chi connectivity index (χ3n) is 2.49. The highest BCUT2D eigenvalue weighted by molar-refractivity contribution is 6.30. The summed E-state index contributed by atoms with van der Waals surface area (Å²) in [5, 5.41) is 16.0. The maximum Gasteiger partial charge on any atom is 0.312 e. The number of nitro benzene ring substituents is 1. The van der Waals surface area contributed by atoms with Gasteiger partial charge in [0.15, 0.2) is 12.4 Å². The molecule has 0 heterocycles. The van der Waals surface area contributed by atoms with Crippen LogP contribution in [-0.4, -0.2) is 36.4 Å². The number of carbonyl (C=O) groups is 2. The number of amides is 2. The van der Waals surface area contributed by atoms with Crippen molar-refractivity contribution in [3.8, 4) is 5.75 Å². The molecule has 1 rings (SSSR count). The van der Waals surface area contributed by atoms with Gasteiger partial charge in [-0.3, -0.25) is 19.7 Å². The fourth-order valence-electron chi connectivity index (χ4n) is 1.46. The Labute approximate surface area is 131 Å². The van der Waals surface area contributed by atoms with Crippen LogP contribution < -0.4 is 15.4 Å². The molecule has 0 aliphatic carbocycles. The number of ether oxygens (including phenoxy) is 1. The van der Waals surface area contributed by atoms with Crippen LogP contribution >= 0.6 is 11.6 Å². The second-order valence-corrected chi connectivity index (χ2v) is 4.72. The molecule has 1 aromatic carbocycles. The Morgan fingerprint density at radius 3 is 2.68 bits per heavy atom. The minimum Gasteiger partial charge on any atom is -0.477 e. The number of nitrogens with one attached hydrogen (secondary N) is 2. The summed E-state index contributed by atoms with van der Waals surface area (Å²) < 4.78 is 5.08. The van der Waals surface area contributed by atoms with E-state index in [0.717, 1.165) is 12.5 Å². The van der Waals surface area contributed by atoms with Crippen molar-refractivity contribution in [1.82, 2.24) is 10.6 Å². The summed E-state index contributed by atoms with van der Waals surface area (Å²) in [6.45, 7) is 1.82. The van der Waals surface area contributed by atoms with Crippen LogP contribution in [0, 0.1) is 10.1 Å². The van der Waals surface area contributed by atoms with Gasteiger partial charge < -0.3 is 15.4 Å². The standard InChI is InChI=1S/C13H16ClN3O5/c1-2-5-15-12(18)7-16-13(19)8-22-11-4-3-9(14)6-10(11)17(20)21/h3-4,6H,2,5,7-8H2,1H3,(H,15,18)(H,16,19). The van der Waals surface area contributed by atoms with Gasteiger partial charge in [-0.15, -0.1) is 0 Å². The molecule has 0 radical (unpaired) electrons. The van der Waals surface area contributed by atoms with Crippen LogP contribution in [0.5, 0.6) is 5.75 Å². The van der Waals surface area contributed by atoms with Gasteiger partial charge in [0.2, 0.25) is 5.91 Å². The first-order chi connectivity index (χ1) is 10.4. The molecule has 0 spiro atoms. The van der Waals surface area contributed by atoms with Crippen molar-refractivity contribution in [2.75, 3.05) is 19.7 Å². The Balaban J connectivity index is 2.48. The third kappa shape index (κ3) is 5.96. The van der Waals surface area contributed by atoms with E-state index < -0.39 is 17.4 Å².